The van der Waals surface area contributed by atoms with E-state index in [0.29, 0.717) is 5.88 Å². The second-order valence-corrected chi connectivity index (χ2v) is 5.00. The van der Waals surface area contributed by atoms with Crippen molar-refractivity contribution in [1.82, 2.24) is 9.78 Å². The molecule has 2 nitrogen and oxygen atoms in total. The Morgan fingerprint density at radius 3 is 2.72 bits per heavy atom. The molecule has 0 N–H and O–H groups in total. The third kappa shape index (κ3) is 3.06. The van der Waals surface area contributed by atoms with Gasteiger partial charge in [0.25, 0.3) is 0 Å². The fraction of sp³-hybridized carbons (Fsp3) is 0.357. The summed E-state index contributed by atoms with van der Waals surface area (Å²) >= 11 is 12.3. The van der Waals surface area contributed by atoms with Gasteiger partial charge in [0, 0.05) is 29.6 Å². The number of alkyl halides is 1. The maximum atomic E-state index is 6.22. The quantitative estimate of drug-likeness (QED) is 0.755. The number of aromatic nitrogens is 2. The van der Waals surface area contributed by atoms with E-state index in [1.54, 1.807) is 0 Å². The molecule has 1 heterocycles. The molecular weight excluding hydrogens is 267 g/mol. The Labute approximate surface area is 118 Å². The third-order valence-corrected chi connectivity index (χ3v) is 3.74. The summed E-state index contributed by atoms with van der Waals surface area (Å²) in [6.07, 6.45) is 4.84. The van der Waals surface area contributed by atoms with Gasteiger partial charge in [0.2, 0.25) is 0 Å². The summed E-state index contributed by atoms with van der Waals surface area (Å²) in [7, 11) is 0. The van der Waals surface area contributed by atoms with Crippen LogP contribution >= 0.6 is 23.2 Å². The monoisotopic (exact) mass is 282 g/mol. The van der Waals surface area contributed by atoms with Gasteiger partial charge in [-0.1, -0.05) is 29.8 Å². The van der Waals surface area contributed by atoms with Crippen LogP contribution < -0.4 is 0 Å². The molecule has 0 amide bonds. The van der Waals surface area contributed by atoms with Gasteiger partial charge in [0.05, 0.1) is 6.20 Å². The average molecular weight is 283 g/mol. The normalized spacial score (nSPS) is 12.6. The first-order valence-corrected chi connectivity index (χ1v) is 6.97. The Balaban J connectivity index is 2.17. The summed E-state index contributed by atoms with van der Waals surface area (Å²) in [5.74, 6) is 0.788. The highest BCUT2D eigenvalue weighted by atomic mass is 35.5. The highest BCUT2D eigenvalue weighted by molar-refractivity contribution is 6.31. The van der Waals surface area contributed by atoms with E-state index in [1.807, 2.05) is 35.1 Å². The molecule has 0 aliphatic rings. The van der Waals surface area contributed by atoms with Crippen molar-refractivity contribution in [2.75, 3.05) is 5.88 Å². The van der Waals surface area contributed by atoms with E-state index >= 15 is 0 Å². The molecule has 0 fully saturated rings. The van der Waals surface area contributed by atoms with Crippen LogP contribution in [0.5, 0.6) is 0 Å². The van der Waals surface area contributed by atoms with Crippen LogP contribution in [0.2, 0.25) is 5.02 Å². The first-order chi connectivity index (χ1) is 8.74. The largest absolute Gasteiger partial charge is 0.273 e. The predicted octanol–water partition coefficient (Wildman–Crippen LogP) is 4.12. The molecular formula is C14H16Cl2N2. The molecule has 0 saturated carbocycles. The van der Waals surface area contributed by atoms with Crippen molar-refractivity contribution in [2.45, 2.75) is 25.8 Å². The van der Waals surface area contributed by atoms with Gasteiger partial charge in [-0.2, -0.15) is 5.10 Å². The molecule has 0 aliphatic carbocycles. The van der Waals surface area contributed by atoms with Gasteiger partial charge in [-0.15, -0.1) is 11.6 Å². The Morgan fingerprint density at radius 2 is 2.11 bits per heavy atom. The Hall–Kier alpha value is -0.990. The lowest BCUT2D eigenvalue weighted by molar-refractivity contribution is 0.658. The molecule has 0 saturated heterocycles. The van der Waals surface area contributed by atoms with Gasteiger partial charge in [-0.3, -0.25) is 4.68 Å². The van der Waals surface area contributed by atoms with Gasteiger partial charge in [0.15, 0.2) is 0 Å². The molecule has 96 valence electrons. The fourth-order valence-corrected chi connectivity index (χ4v) is 2.59. The van der Waals surface area contributed by atoms with Crippen LogP contribution in [-0.4, -0.2) is 15.7 Å². The van der Waals surface area contributed by atoms with Crippen LogP contribution in [-0.2, 0) is 13.0 Å². The van der Waals surface area contributed by atoms with Crippen LogP contribution in [0.1, 0.15) is 24.0 Å². The van der Waals surface area contributed by atoms with Crippen molar-refractivity contribution in [3.05, 3.63) is 52.8 Å². The maximum absolute atomic E-state index is 6.22. The van der Waals surface area contributed by atoms with E-state index in [4.69, 9.17) is 23.2 Å². The van der Waals surface area contributed by atoms with Crippen LogP contribution in [0, 0.1) is 0 Å². The molecule has 0 bridgehead atoms. The lowest BCUT2D eigenvalue weighted by Crippen LogP contribution is -2.05. The summed E-state index contributed by atoms with van der Waals surface area (Å²) in [6.45, 7) is 2.96. The van der Waals surface area contributed by atoms with Gasteiger partial charge in [-0.25, -0.2) is 0 Å². The van der Waals surface area contributed by atoms with E-state index in [1.165, 1.54) is 5.56 Å². The number of hydrogen-bond acceptors (Lipinski definition) is 1. The molecule has 1 aromatic heterocycles. The smallest absolute Gasteiger partial charge is 0.0521 e. The van der Waals surface area contributed by atoms with Crippen molar-refractivity contribution >= 4 is 23.2 Å². The van der Waals surface area contributed by atoms with E-state index in [-0.39, 0.29) is 5.92 Å². The molecule has 4 heteroatoms. The Bertz CT molecular complexity index is 508. The van der Waals surface area contributed by atoms with E-state index in [9.17, 15) is 0 Å². The minimum atomic E-state index is 0.231. The Morgan fingerprint density at radius 1 is 1.33 bits per heavy atom. The highest BCUT2D eigenvalue weighted by Gasteiger charge is 2.15. The summed E-state index contributed by atoms with van der Waals surface area (Å²) in [6, 6.07) is 7.88. The molecule has 0 spiro atoms. The molecule has 18 heavy (non-hydrogen) atoms. The summed E-state index contributed by atoms with van der Waals surface area (Å²) in [5, 5.41) is 5.06. The van der Waals surface area contributed by atoms with Crippen molar-refractivity contribution < 1.29 is 0 Å². The zero-order chi connectivity index (χ0) is 13.0. The summed E-state index contributed by atoms with van der Waals surface area (Å²) in [5.41, 5.74) is 2.31. The number of hydrogen-bond donors (Lipinski definition) is 0. The van der Waals surface area contributed by atoms with Gasteiger partial charge in [-0.05, 0) is 30.5 Å². The third-order valence-electron chi connectivity index (χ3n) is 3.02. The second-order valence-electron chi connectivity index (χ2n) is 4.28. The minimum absolute atomic E-state index is 0.231. The topological polar surface area (TPSA) is 17.8 Å². The lowest BCUT2D eigenvalue weighted by Gasteiger charge is -2.14. The van der Waals surface area contributed by atoms with E-state index < -0.39 is 0 Å². The van der Waals surface area contributed by atoms with Crippen molar-refractivity contribution in [2.24, 2.45) is 0 Å². The van der Waals surface area contributed by atoms with E-state index in [0.717, 1.165) is 23.6 Å². The molecule has 2 aromatic rings. The first-order valence-electron chi connectivity index (χ1n) is 6.06. The van der Waals surface area contributed by atoms with Crippen LogP contribution in [0.3, 0.4) is 0 Å². The van der Waals surface area contributed by atoms with Crippen LogP contribution in [0.4, 0.5) is 0 Å². The molecule has 1 unspecified atom stereocenters. The molecule has 0 aliphatic heterocycles. The molecule has 0 radical (unpaired) electrons. The summed E-state index contributed by atoms with van der Waals surface area (Å²) in [4.78, 5) is 0. The standard InChI is InChI=1S/C14H16Cl2N2/c1-2-18-10-11(9-17-18)7-12(8-15)13-5-3-4-6-14(13)16/h3-6,9-10,12H,2,7-8H2,1H3. The first kappa shape index (κ1) is 13.4. The van der Waals surface area contributed by atoms with Gasteiger partial charge >= 0.3 is 0 Å². The SMILES string of the molecule is CCn1cc(CC(CCl)c2ccccc2Cl)cn1. The van der Waals surface area contributed by atoms with E-state index in [2.05, 4.69) is 18.2 Å². The van der Waals surface area contributed by atoms with Crippen LogP contribution in [0.25, 0.3) is 0 Å². The number of aryl methyl sites for hydroxylation is 1. The number of rotatable bonds is 5. The fourth-order valence-electron chi connectivity index (χ4n) is 2.02. The van der Waals surface area contributed by atoms with Crippen molar-refractivity contribution in [3.63, 3.8) is 0 Å². The Kier molecular flexibility index (Phi) is 4.67. The number of halogens is 2. The van der Waals surface area contributed by atoms with Crippen molar-refractivity contribution in [1.29, 1.82) is 0 Å². The predicted molar refractivity (Wildman–Crippen MR) is 76.5 cm³/mol. The zero-order valence-corrected chi connectivity index (χ0v) is 11.8. The van der Waals surface area contributed by atoms with Gasteiger partial charge in [0.1, 0.15) is 0 Å². The average Bonchev–Trinajstić information content (AvgIpc) is 2.85. The minimum Gasteiger partial charge on any atom is -0.273 e. The van der Waals surface area contributed by atoms with Gasteiger partial charge < -0.3 is 0 Å². The number of benzene rings is 1. The lowest BCUT2D eigenvalue weighted by atomic mass is 9.95. The highest BCUT2D eigenvalue weighted by Crippen LogP contribution is 2.28. The molecule has 1 aromatic carbocycles. The van der Waals surface area contributed by atoms with Crippen LogP contribution in [0.15, 0.2) is 36.7 Å². The maximum Gasteiger partial charge on any atom is 0.0521 e. The number of nitrogens with zero attached hydrogens (tertiary/aromatic N) is 2. The second kappa shape index (κ2) is 6.26. The zero-order valence-electron chi connectivity index (χ0n) is 10.3. The molecule has 2 rings (SSSR count). The van der Waals surface area contributed by atoms with Crippen molar-refractivity contribution in [3.8, 4) is 0 Å². The molecule has 1 atom stereocenters. The summed E-state index contributed by atoms with van der Waals surface area (Å²) < 4.78 is 1.92.